The van der Waals surface area contributed by atoms with E-state index in [1.54, 1.807) is 18.2 Å². The molecule has 3 aromatic carbocycles. The van der Waals surface area contributed by atoms with E-state index in [9.17, 15) is 27.9 Å². The van der Waals surface area contributed by atoms with Crippen LogP contribution in [0.25, 0.3) is 0 Å². The SMILES string of the molecule is Cc1cc(Cl)c(OCCOc2ccc([C@H]3CCNC[C@@H]3C(=O)O)cc2)c(Cl)c1.O=C(CC(F)(F)F)NCCc1ccc(Cl)c(CNC2CC2)c1. The molecule has 2 aliphatic rings. The van der Waals surface area contributed by atoms with E-state index in [0.717, 1.165) is 35.2 Å². The molecule has 272 valence electrons. The fraction of sp³-hybridized carbons (Fsp3) is 0.444. The molecule has 3 aromatic rings. The van der Waals surface area contributed by atoms with Crippen molar-refractivity contribution >= 4 is 46.7 Å². The summed E-state index contributed by atoms with van der Waals surface area (Å²) in [4.78, 5) is 22.6. The highest BCUT2D eigenvalue weighted by atomic mass is 35.5. The Bertz CT molecular complexity index is 1570. The quantitative estimate of drug-likeness (QED) is 0.125. The van der Waals surface area contributed by atoms with E-state index in [-0.39, 0.29) is 12.5 Å². The number of amides is 1. The maximum Gasteiger partial charge on any atom is 0.397 e. The van der Waals surface area contributed by atoms with Crippen LogP contribution in [0.3, 0.4) is 0 Å². The van der Waals surface area contributed by atoms with E-state index < -0.39 is 30.4 Å². The van der Waals surface area contributed by atoms with Gasteiger partial charge in [0.1, 0.15) is 25.4 Å². The Kier molecular flexibility index (Phi) is 14.9. The summed E-state index contributed by atoms with van der Waals surface area (Å²) in [5, 5.41) is 19.8. The minimum Gasteiger partial charge on any atom is -0.490 e. The molecule has 4 N–H and O–H groups in total. The number of ether oxygens (including phenoxy) is 2. The van der Waals surface area contributed by atoms with Crippen LogP contribution in [0.1, 0.15) is 53.9 Å². The molecular weight excluding hydrogens is 718 g/mol. The van der Waals surface area contributed by atoms with Gasteiger partial charge in [0.25, 0.3) is 0 Å². The van der Waals surface area contributed by atoms with Crippen LogP contribution in [0.15, 0.2) is 54.6 Å². The standard InChI is InChI=1S/C21H23Cl2NO4.C15H18ClF3N2O/c1-13-10-18(22)20(19(23)11-13)28-9-8-27-15-4-2-14(3-5-15)16-6-7-24-12-17(16)21(25)26;16-13-4-1-10(7-11(13)9-21-12-2-3-12)5-6-20-14(22)8-15(17,18)19/h2-5,10-11,16-17,24H,6-9,12H2,1H3,(H,25,26);1,4,7,12,21H,2-3,5-6,8-9H2,(H,20,22)/t16-,17+;/m1./s1. The van der Waals surface area contributed by atoms with Crippen molar-refractivity contribution in [1.82, 2.24) is 16.0 Å². The molecule has 1 saturated carbocycles. The topological polar surface area (TPSA) is 109 Å². The Morgan fingerprint density at radius 2 is 1.62 bits per heavy atom. The van der Waals surface area contributed by atoms with Crippen molar-refractivity contribution in [3.05, 3.63) is 91.9 Å². The first-order valence-corrected chi connectivity index (χ1v) is 17.5. The summed E-state index contributed by atoms with van der Waals surface area (Å²) in [7, 11) is 0. The number of alkyl halides is 3. The fourth-order valence-corrected chi connectivity index (χ4v) is 6.40. The predicted octanol–water partition coefficient (Wildman–Crippen LogP) is 7.74. The number of carbonyl (C=O) groups excluding carboxylic acids is 1. The van der Waals surface area contributed by atoms with Gasteiger partial charge >= 0.3 is 12.1 Å². The number of carboxylic acid groups (broad SMARTS) is 1. The molecule has 1 aliphatic carbocycles. The molecular formula is C36H41Cl3F3N3O5. The molecule has 2 fully saturated rings. The first kappa shape index (κ1) is 39.6. The second-order valence-corrected chi connectivity index (χ2v) is 13.6. The Morgan fingerprint density at radius 3 is 2.26 bits per heavy atom. The van der Waals surface area contributed by atoms with Crippen molar-refractivity contribution in [2.75, 3.05) is 32.8 Å². The van der Waals surface area contributed by atoms with Crippen LogP contribution in [-0.4, -0.2) is 62.0 Å². The number of hydrogen-bond donors (Lipinski definition) is 4. The molecule has 1 saturated heterocycles. The molecule has 1 aliphatic heterocycles. The molecule has 5 rings (SSSR count). The van der Waals surface area contributed by atoms with Crippen molar-refractivity contribution in [2.45, 2.75) is 63.7 Å². The molecule has 2 atom stereocenters. The molecule has 50 heavy (non-hydrogen) atoms. The van der Waals surface area contributed by atoms with Crippen LogP contribution >= 0.6 is 34.8 Å². The van der Waals surface area contributed by atoms with E-state index in [2.05, 4.69) is 16.0 Å². The lowest BCUT2D eigenvalue weighted by atomic mass is 9.81. The Morgan fingerprint density at radius 1 is 0.940 bits per heavy atom. The fourth-order valence-electron chi connectivity index (χ4n) is 5.51. The summed E-state index contributed by atoms with van der Waals surface area (Å²) in [6, 6.07) is 17.3. The maximum atomic E-state index is 12.0. The van der Waals surface area contributed by atoms with Crippen LogP contribution < -0.4 is 25.4 Å². The number of benzene rings is 3. The van der Waals surface area contributed by atoms with Gasteiger partial charge in [-0.05, 0) is 97.7 Å². The van der Waals surface area contributed by atoms with Gasteiger partial charge in [-0.15, -0.1) is 0 Å². The average molecular weight is 759 g/mol. The van der Waals surface area contributed by atoms with Gasteiger partial charge in [-0.2, -0.15) is 13.2 Å². The normalized spacial score (nSPS) is 17.3. The van der Waals surface area contributed by atoms with Crippen LogP contribution in [0, 0.1) is 12.8 Å². The number of carboxylic acids is 1. The molecule has 1 amide bonds. The lowest BCUT2D eigenvalue weighted by molar-refractivity contribution is -0.153. The average Bonchev–Trinajstić information content (AvgIpc) is 3.88. The lowest BCUT2D eigenvalue weighted by Gasteiger charge is -2.29. The van der Waals surface area contributed by atoms with Crippen molar-refractivity contribution in [3.8, 4) is 11.5 Å². The highest BCUT2D eigenvalue weighted by molar-refractivity contribution is 6.37. The minimum absolute atomic E-state index is 0.0157. The smallest absolute Gasteiger partial charge is 0.397 e. The molecule has 0 unspecified atom stereocenters. The highest BCUT2D eigenvalue weighted by Crippen LogP contribution is 2.34. The summed E-state index contributed by atoms with van der Waals surface area (Å²) >= 11 is 18.4. The second kappa shape index (κ2) is 18.9. The van der Waals surface area contributed by atoms with Crippen LogP contribution in [-0.2, 0) is 22.6 Å². The van der Waals surface area contributed by atoms with Crippen molar-refractivity contribution < 1.29 is 37.3 Å². The number of aliphatic carboxylic acids is 1. The Balaban J connectivity index is 0.000000232. The Labute approximate surface area is 305 Å². The summed E-state index contributed by atoms with van der Waals surface area (Å²) in [6.45, 7) is 4.74. The number of aryl methyl sites for hydroxylation is 1. The van der Waals surface area contributed by atoms with Gasteiger partial charge in [0, 0.05) is 30.7 Å². The minimum atomic E-state index is -4.47. The summed E-state index contributed by atoms with van der Waals surface area (Å²) < 4.78 is 47.4. The number of nitrogens with one attached hydrogen (secondary N) is 3. The third kappa shape index (κ3) is 13.2. The highest BCUT2D eigenvalue weighted by Gasteiger charge is 2.32. The lowest BCUT2D eigenvalue weighted by Crippen LogP contribution is -2.39. The first-order valence-electron chi connectivity index (χ1n) is 16.4. The van der Waals surface area contributed by atoms with Gasteiger partial charge < -0.3 is 30.5 Å². The van der Waals surface area contributed by atoms with Crippen molar-refractivity contribution in [2.24, 2.45) is 5.92 Å². The van der Waals surface area contributed by atoms with E-state index in [1.165, 1.54) is 12.8 Å². The summed E-state index contributed by atoms with van der Waals surface area (Å²) in [6.07, 6.45) is -2.26. The zero-order chi connectivity index (χ0) is 36.3. The van der Waals surface area contributed by atoms with E-state index in [1.807, 2.05) is 43.3 Å². The summed E-state index contributed by atoms with van der Waals surface area (Å²) in [5.41, 5.74) is 3.89. The third-order valence-corrected chi connectivity index (χ3v) is 9.14. The second-order valence-electron chi connectivity index (χ2n) is 12.3. The number of piperidine rings is 1. The molecule has 0 aromatic heterocycles. The zero-order valence-electron chi connectivity index (χ0n) is 27.6. The predicted molar refractivity (Wildman–Crippen MR) is 189 cm³/mol. The van der Waals surface area contributed by atoms with E-state index >= 15 is 0 Å². The molecule has 0 bridgehead atoms. The number of halogens is 6. The van der Waals surface area contributed by atoms with Gasteiger partial charge in [-0.3, -0.25) is 9.59 Å². The Hall–Kier alpha value is -3.22. The molecule has 1 heterocycles. The first-order chi connectivity index (χ1) is 23.8. The van der Waals surface area contributed by atoms with Crippen LogP contribution in [0.2, 0.25) is 15.1 Å². The monoisotopic (exact) mass is 757 g/mol. The molecule has 0 spiro atoms. The maximum absolute atomic E-state index is 12.0. The number of rotatable bonds is 14. The summed E-state index contributed by atoms with van der Waals surface area (Å²) in [5.74, 6) is -0.993. The van der Waals surface area contributed by atoms with Gasteiger partial charge in [0.05, 0.1) is 16.0 Å². The van der Waals surface area contributed by atoms with Crippen molar-refractivity contribution in [3.63, 3.8) is 0 Å². The van der Waals surface area contributed by atoms with E-state index in [4.69, 9.17) is 44.3 Å². The molecule has 14 heteroatoms. The van der Waals surface area contributed by atoms with Crippen molar-refractivity contribution in [1.29, 1.82) is 0 Å². The van der Waals surface area contributed by atoms with Crippen LogP contribution in [0.5, 0.6) is 11.5 Å². The zero-order valence-corrected chi connectivity index (χ0v) is 29.8. The molecule has 8 nitrogen and oxygen atoms in total. The number of carbonyl (C=O) groups is 2. The van der Waals surface area contributed by atoms with Gasteiger partial charge in [0.15, 0.2) is 5.75 Å². The number of hydrogen-bond acceptors (Lipinski definition) is 6. The van der Waals surface area contributed by atoms with Gasteiger partial charge in [-0.1, -0.05) is 59.1 Å². The third-order valence-electron chi connectivity index (χ3n) is 8.21. The van der Waals surface area contributed by atoms with Gasteiger partial charge in [0.2, 0.25) is 5.91 Å². The molecule has 0 radical (unpaired) electrons. The van der Waals surface area contributed by atoms with Gasteiger partial charge in [-0.25, -0.2) is 0 Å². The van der Waals surface area contributed by atoms with E-state index in [0.29, 0.717) is 65.3 Å². The largest absolute Gasteiger partial charge is 0.490 e. The van der Waals surface area contributed by atoms with Crippen LogP contribution in [0.4, 0.5) is 13.2 Å².